The molecule has 1 heterocycles. The predicted octanol–water partition coefficient (Wildman–Crippen LogP) is 3.78. The maximum atomic E-state index is 6.05. The lowest BCUT2D eigenvalue weighted by Crippen LogP contribution is -2.30. The van der Waals surface area contributed by atoms with Crippen molar-refractivity contribution in [2.24, 2.45) is 4.99 Å². The number of amidine groups is 1. The quantitative estimate of drug-likeness (QED) is 0.865. The van der Waals surface area contributed by atoms with Gasteiger partial charge in [0.1, 0.15) is 23.9 Å². The molecular weight excluding hydrogens is 356 g/mol. The molecule has 5 heteroatoms. The number of halogens is 1. The van der Waals surface area contributed by atoms with Gasteiger partial charge in [-0.25, -0.2) is 0 Å². The third kappa shape index (κ3) is 3.85. The van der Waals surface area contributed by atoms with Crippen molar-refractivity contribution in [3.63, 3.8) is 0 Å². The van der Waals surface area contributed by atoms with Crippen LogP contribution in [0.5, 0.6) is 11.5 Å². The third-order valence-corrected chi connectivity index (χ3v) is 4.16. The summed E-state index contributed by atoms with van der Waals surface area (Å²) >= 11 is 3.49. The van der Waals surface area contributed by atoms with Crippen molar-refractivity contribution in [1.82, 2.24) is 5.32 Å². The summed E-state index contributed by atoms with van der Waals surface area (Å²) in [5.41, 5.74) is 2.00. The minimum atomic E-state index is 0.437. The summed E-state index contributed by atoms with van der Waals surface area (Å²) in [6.07, 6.45) is 1.07. The van der Waals surface area contributed by atoms with Crippen molar-refractivity contribution in [1.29, 1.82) is 0 Å². The standard InChI is InChI=1S/C18H19BrN2O2/c1-22-16-8-7-14(19)11-13(16)12-23-17-6-3-2-5-15(17)18-20-9-4-10-21-18/h2-3,5-8,11H,4,9-10,12H2,1H3,(H,20,21). The first-order valence-corrected chi connectivity index (χ1v) is 8.40. The topological polar surface area (TPSA) is 42.9 Å². The van der Waals surface area contributed by atoms with Gasteiger partial charge in [-0.15, -0.1) is 0 Å². The lowest BCUT2D eigenvalue weighted by Gasteiger charge is -2.18. The van der Waals surface area contributed by atoms with Gasteiger partial charge in [0.15, 0.2) is 0 Å². The van der Waals surface area contributed by atoms with Gasteiger partial charge < -0.3 is 14.8 Å². The average molecular weight is 375 g/mol. The van der Waals surface area contributed by atoms with Crippen molar-refractivity contribution in [3.8, 4) is 11.5 Å². The minimum absolute atomic E-state index is 0.437. The lowest BCUT2D eigenvalue weighted by atomic mass is 10.1. The molecule has 1 aliphatic rings. The fourth-order valence-corrected chi connectivity index (χ4v) is 2.93. The Morgan fingerprint density at radius 1 is 1.17 bits per heavy atom. The van der Waals surface area contributed by atoms with Crippen LogP contribution >= 0.6 is 15.9 Å². The third-order valence-electron chi connectivity index (χ3n) is 3.67. The monoisotopic (exact) mass is 374 g/mol. The molecule has 0 radical (unpaired) electrons. The fraction of sp³-hybridized carbons (Fsp3) is 0.278. The first kappa shape index (κ1) is 15.9. The molecule has 0 unspecified atom stereocenters. The fourth-order valence-electron chi connectivity index (χ4n) is 2.52. The van der Waals surface area contributed by atoms with E-state index >= 15 is 0 Å². The number of hydrogen-bond donors (Lipinski definition) is 1. The van der Waals surface area contributed by atoms with Crippen LogP contribution < -0.4 is 14.8 Å². The second-order valence-electron chi connectivity index (χ2n) is 5.25. The van der Waals surface area contributed by atoms with E-state index in [0.29, 0.717) is 6.61 Å². The Labute approximate surface area is 144 Å². The van der Waals surface area contributed by atoms with Gasteiger partial charge in [-0.05, 0) is 36.8 Å². The van der Waals surface area contributed by atoms with Crippen molar-refractivity contribution in [2.75, 3.05) is 20.2 Å². The van der Waals surface area contributed by atoms with Gasteiger partial charge in [-0.2, -0.15) is 0 Å². The molecular formula is C18H19BrN2O2. The number of nitrogens with zero attached hydrogens (tertiary/aromatic N) is 1. The van der Waals surface area contributed by atoms with E-state index in [1.54, 1.807) is 7.11 Å². The first-order chi connectivity index (χ1) is 11.3. The van der Waals surface area contributed by atoms with Gasteiger partial charge in [0.25, 0.3) is 0 Å². The predicted molar refractivity (Wildman–Crippen MR) is 95.5 cm³/mol. The number of aliphatic imine (C=N–C) groups is 1. The van der Waals surface area contributed by atoms with E-state index in [-0.39, 0.29) is 0 Å². The Hall–Kier alpha value is -2.01. The molecule has 0 saturated carbocycles. The molecule has 3 rings (SSSR count). The maximum absolute atomic E-state index is 6.05. The summed E-state index contributed by atoms with van der Waals surface area (Å²) < 4.78 is 12.5. The van der Waals surface area contributed by atoms with E-state index in [1.165, 1.54) is 0 Å². The molecule has 0 spiro atoms. The van der Waals surface area contributed by atoms with E-state index in [0.717, 1.165) is 52.4 Å². The van der Waals surface area contributed by atoms with E-state index in [4.69, 9.17) is 9.47 Å². The van der Waals surface area contributed by atoms with Crippen LogP contribution in [-0.4, -0.2) is 26.0 Å². The van der Waals surface area contributed by atoms with Crippen molar-refractivity contribution < 1.29 is 9.47 Å². The summed E-state index contributed by atoms with van der Waals surface area (Å²) in [5.74, 6) is 2.55. The van der Waals surface area contributed by atoms with Gasteiger partial charge in [0.05, 0.1) is 12.7 Å². The van der Waals surface area contributed by atoms with Gasteiger partial charge in [-0.3, -0.25) is 4.99 Å². The zero-order valence-electron chi connectivity index (χ0n) is 13.0. The normalized spacial score (nSPS) is 13.9. The maximum Gasteiger partial charge on any atom is 0.132 e. The van der Waals surface area contributed by atoms with Crippen LogP contribution in [-0.2, 0) is 6.61 Å². The van der Waals surface area contributed by atoms with Gasteiger partial charge >= 0.3 is 0 Å². The molecule has 0 bridgehead atoms. The summed E-state index contributed by atoms with van der Waals surface area (Å²) in [6, 6.07) is 13.9. The summed E-state index contributed by atoms with van der Waals surface area (Å²) in [7, 11) is 1.67. The number of hydrogen-bond acceptors (Lipinski definition) is 4. The van der Waals surface area contributed by atoms with Crippen LogP contribution in [0.2, 0.25) is 0 Å². The van der Waals surface area contributed by atoms with Crippen LogP contribution in [0.1, 0.15) is 17.5 Å². The average Bonchev–Trinajstić information content (AvgIpc) is 2.61. The number of para-hydroxylation sites is 1. The Morgan fingerprint density at radius 3 is 2.83 bits per heavy atom. The van der Waals surface area contributed by atoms with Crippen molar-refractivity contribution in [2.45, 2.75) is 13.0 Å². The highest BCUT2D eigenvalue weighted by atomic mass is 79.9. The van der Waals surface area contributed by atoms with Crippen molar-refractivity contribution >= 4 is 21.8 Å². The molecule has 1 aliphatic heterocycles. The molecule has 0 aliphatic carbocycles. The van der Waals surface area contributed by atoms with E-state index < -0.39 is 0 Å². The minimum Gasteiger partial charge on any atom is -0.496 e. The Balaban J connectivity index is 1.81. The molecule has 0 atom stereocenters. The smallest absolute Gasteiger partial charge is 0.132 e. The highest BCUT2D eigenvalue weighted by molar-refractivity contribution is 9.10. The number of methoxy groups -OCH3 is 1. The molecule has 0 fully saturated rings. The largest absolute Gasteiger partial charge is 0.496 e. The molecule has 4 nitrogen and oxygen atoms in total. The first-order valence-electron chi connectivity index (χ1n) is 7.61. The van der Waals surface area contributed by atoms with E-state index in [2.05, 4.69) is 26.2 Å². The Bertz CT molecular complexity index is 716. The summed E-state index contributed by atoms with van der Waals surface area (Å²) in [6.45, 7) is 2.25. The SMILES string of the molecule is COc1ccc(Br)cc1COc1ccccc1C1=NCCCN1. The molecule has 2 aromatic rings. The lowest BCUT2D eigenvalue weighted by molar-refractivity contribution is 0.296. The second kappa shape index (κ2) is 7.51. The van der Waals surface area contributed by atoms with E-state index in [1.807, 2.05) is 42.5 Å². The molecule has 120 valence electrons. The van der Waals surface area contributed by atoms with Gasteiger partial charge in [-0.1, -0.05) is 28.1 Å². The molecule has 0 amide bonds. The molecule has 0 aromatic heterocycles. The van der Waals surface area contributed by atoms with Crippen LogP contribution in [0.15, 0.2) is 51.9 Å². The zero-order valence-corrected chi connectivity index (χ0v) is 14.6. The van der Waals surface area contributed by atoms with Gasteiger partial charge in [0.2, 0.25) is 0 Å². The number of rotatable bonds is 5. The summed E-state index contributed by atoms with van der Waals surface area (Å²) in [5, 5.41) is 3.34. The molecule has 23 heavy (non-hydrogen) atoms. The van der Waals surface area contributed by atoms with Crippen LogP contribution in [0.3, 0.4) is 0 Å². The highest BCUT2D eigenvalue weighted by Crippen LogP contribution is 2.26. The zero-order chi connectivity index (χ0) is 16.1. The highest BCUT2D eigenvalue weighted by Gasteiger charge is 2.13. The molecule has 2 aromatic carbocycles. The van der Waals surface area contributed by atoms with E-state index in [9.17, 15) is 0 Å². The molecule has 0 saturated heterocycles. The van der Waals surface area contributed by atoms with Gasteiger partial charge in [0, 0.05) is 23.1 Å². The Kier molecular flexibility index (Phi) is 5.18. The summed E-state index contributed by atoms with van der Waals surface area (Å²) in [4.78, 5) is 4.56. The van der Waals surface area contributed by atoms with Crippen LogP contribution in [0, 0.1) is 0 Å². The second-order valence-corrected chi connectivity index (χ2v) is 6.17. The van der Waals surface area contributed by atoms with Crippen LogP contribution in [0.4, 0.5) is 0 Å². The molecule has 1 N–H and O–H groups in total. The number of nitrogens with one attached hydrogen (secondary N) is 1. The number of ether oxygens (including phenoxy) is 2. The van der Waals surface area contributed by atoms with Crippen molar-refractivity contribution in [3.05, 3.63) is 58.1 Å². The van der Waals surface area contributed by atoms with Crippen LogP contribution in [0.25, 0.3) is 0 Å². The Morgan fingerprint density at radius 2 is 2.04 bits per heavy atom. The number of benzene rings is 2.